The summed E-state index contributed by atoms with van der Waals surface area (Å²) in [7, 11) is 0. The van der Waals surface area contributed by atoms with Gasteiger partial charge in [-0.05, 0) is 43.5 Å². The summed E-state index contributed by atoms with van der Waals surface area (Å²) < 4.78 is 7.08. The molecule has 1 saturated heterocycles. The van der Waals surface area contributed by atoms with Crippen LogP contribution >= 0.6 is 0 Å². The van der Waals surface area contributed by atoms with Gasteiger partial charge in [0.25, 0.3) is 0 Å². The number of carbonyl (C=O) groups excluding carboxylic acids is 1. The van der Waals surface area contributed by atoms with Crippen LogP contribution in [0.3, 0.4) is 0 Å². The quantitative estimate of drug-likeness (QED) is 0.897. The summed E-state index contributed by atoms with van der Waals surface area (Å²) in [6.45, 7) is 3.03. The van der Waals surface area contributed by atoms with Crippen molar-refractivity contribution in [3.63, 3.8) is 0 Å². The van der Waals surface area contributed by atoms with E-state index >= 15 is 0 Å². The summed E-state index contributed by atoms with van der Waals surface area (Å²) in [5, 5.41) is 7.26. The highest BCUT2D eigenvalue weighted by Crippen LogP contribution is 2.21. The highest BCUT2D eigenvalue weighted by Gasteiger charge is 2.36. The molecule has 1 atom stereocenters. The van der Waals surface area contributed by atoms with E-state index in [0.717, 1.165) is 11.3 Å². The van der Waals surface area contributed by atoms with Crippen molar-refractivity contribution in [1.29, 1.82) is 0 Å². The maximum atomic E-state index is 12.5. The molecule has 122 valence electrons. The minimum atomic E-state index is -0.827. The molecule has 0 spiro atoms. The van der Waals surface area contributed by atoms with E-state index in [4.69, 9.17) is 10.5 Å². The molecule has 3 rings (SSSR count). The zero-order valence-corrected chi connectivity index (χ0v) is 13.2. The molecule has 1 aliphatic heterocycles. The molecule has 3 N–H and O–H groups in total. The summed E-state index contributed by atoms with van der Waals surface area (Å²) >= 11 is 0. The first-order valence-electron chi connectivity index (χ1n) is 7.86. The number of carbonyl (C=O) groups is 1. The van der Waals surface area contributed by atoms with Crippen molar-refractivity contribution in [3.05, 3.63) is 48.3 Å². The molecule has 6 heteroatoms. The second-order valence-corrected chi connectivity index (χ2v) is 6.01. The van der Waals surface area contributed by atoms with Crippen LogP contribution in [0.2, 0.25) is 0 Å². The smallest absolute Gasteiger partial charge is 0.240 e. The molecule has 6 nitrogen and oxygen atoms in total. The van der Waals surface area contributed by atoms with Gasteiger partial charge in [-0.2, -0.15) is 5.10 Å². The largest absolute Gasteiger partial charge is 0.381 e. The van der Waals surface area contributed by atoms with Gasteiger partial charge < -0.3 is 15.8 Å². The Bertz CT molecular complexity index is 663. The van der Waals surface area contributed by atoms with Crippen LogP contribution in [0.1, 0.15) is 31.4 Å². The van der Waals surface area contributed by atoms with Gasteiger partial charge in [0.1, 0.15) is 0 Å². The van der Waals surface area contributed by atoms with Crippen molar-refractivity contribution >= 4 is 5.91 Å². The highest BCUT2D eigenvalue weighted by atomic mass is 16.5. The van der Waals surface area contributed by atoms with Crippen molar-refractivity contribution < 1.29 is 9.53 Å². The van der Waals surface area contributed by atoms with Crippen molar-refractivity contribution in [2.75, 3.05) is 13.2 Å². The molecule has 1 amide bonds. The first kappa shape index (κ1) is 15.7. The SMILES string of the molecule is CC(NC(=O)C1(N)CCOCC1)c1cccc(-n2cccn2)c1. The molecule has 2 aromatic rings. The number of nitrogens with zero attached hydrogens (tertiary/aromatic N) is 2. The fraction of sp³-hybridized carbons (Fsp3) is 0.412. The van der Waals surface area contributed by atoms with Crippen LogP contribution in [0.25, 0.3) is 5.69 Å². The first-order chi connectivity index (χ1) is 11.1. The number of ether oxygens (including phenoxy) is 1. The number of amides is 1. The Balaban J connectivity index is 1.72. The van der Waals surface area contributed by atoms with Crippen LogP contribution in [0.4, 0.5) is 0 Å². The first-order valence-corrected chi connectivity index (χ1v) is 7.86. The van der Waals surface area contributed by atoms with Gasteiger partial charge in [0, 0.05) is 25.6 Å². The van der Waals surface area contributed by atoms with Gasteiger partial charge in [0.2, 0.25) is 5.91 Å². The number of rotatable bonds is 4. The molecule has 0 radical (unpaired) electrons. The van der Waals surface area contributed by atoms with Crippen molar-refractivity contribution in [1.82, 2.24) is 15.1 Å². The zero-order valence-electron chi connectivity index (χ0n) is 13.2. The third kappa shape index (κ3) is 3.43. The van der Waals surface area contributed by atoms with Gasteiger partial charge in [-0.15, -0.1) is 0 Å². The normalized spacial score (nSPS) is 18.3. The topological polar surface area (TPSA) is 82.2 Å². The number of benzene rings is 1. The molecule has 23 heavy (non-hydrogen) atoms. The summed E-state index contributed by atoms with van der Waals surface area (Å²) in [5.41, 5.74) is 7.38. The molecule has 2 heterocycles. The maximum absolute atomic E-state index is 12.5. The Hall–Kier alpha value is -2.18. The van der Waals surface area contributed by atoms with Crippen LogP contribution in [-0.4, -0.2) is 34.4 Å². The molecule has 1 fully saturated rings. The fourth-order valence-electron chi connectivity index (χ4n) is 2.74. The van der Waals surface area contributed by atoms with Gasteiger partial charge >= 0.3 is 0 Å². The van der Waals surface area contributed by atoms with Crippen LogP contribution < -0.4 is 11.1 Å². The van der Waals surface area contributed by atoms with Gasteiger partial charge in [0.05, 0.1) is 17.3 Å². The average Bonchev–Trinajstić information content (AvgIpc) is 3.10. The van der Waals surface area contributed by atoms with Gasteiger partial charge in [-0.1, -0.05) is 12.1 Å². The number of hydrogen-bond donors (Lipinski definition) is 2. The molecule has 1 aliphatic rings. The minimum absolute atomic E-state index is 0.113. The molecule has 0 aliphatic carbocycles. The Labute approximate surface area is 135 Å². The van der Waals surface area contributed by atoms with E-state index in [-0.39, 0.29) is 11.9 Å². The second-order valence-electron chi connectivity index (χ2n) is 6.01. The Morgan fingerprint density at radius 2 is 2.17 bits per heavy atom. The van der Waals surface area contributed by atoms with Crippen LogP contribution in [0.5, 0.6) is 0 Å². The van der Waals surface area contributed by atoms with Crippen LogP contribution in [0, 0.1) is 0 Å². The molecule has 1 unspecified atom stereocenters. The molecular weight excluding hydrogens is 292 g/mol. The Kier molecular flexibility index (Phi) is 4.45. The fourth-order valence-corrected chi connectivity index (χ4v) is 2.74. The summed E-state index contributed by atoms with van der Waals surface area (Å²) in [5.74, 6) is -0.113. The van der Waals surface area contributed by atoms with Crippen LogP contribution in [0.15, 0.2) is 42.7 Å². The lowest BCUT2D eigenvalue weighted by Crippen LogP contribution is -2.57. The molecule has 0 bridgehead atoms. The predicted molar refractivity (Wildman–Crippen MR) is 87.1 cm³/mol. The van der Waals surface area contributed by atoms with E-state index in [1.165, 1.54) is 0 Å². The number of nitrogens with one attached hydrogen (secondary N) is 1. The number of aromatic nitrogens is 2. The monoisotopic (exact) mass is 314 g/mol. The number of hydrogen-bond acceptors (Lipinski definition) is 4. The zero-order chi connectivity index (χ0) is 16.3. The van der Waals surface area contributed by atoms with E-state index in [1.807, 2.05) is 43.5 Å². The van der Waals surface area contributed by atoms with Crippen LogP contribution in [-0.2, 0) is 9.53 Å². The third-order valence-electron chi connectivity index (χ3n) is 4.32. The summed E-state index contributed by atoms with van der Waals surface area (Å²) in [4.78, 5) is 12.5. The molecule has 0 saturated carbocycles. The third-order valence-corrected chi connectivity index (χ3v) is 4.32. The van der Waals surface area contributed by atoms with Gasteiger partial charge in [0.15, 0.2) is 0 Å². The van der Waals surface area contributed by atoms with Gasteiger partial charge in [-0.25, -0.2) is 4.68 Å². The van der Waals surface area contributed by atoms with E-state index in [0.29, 0.717) is 26.1 Å². The second kappa shape index (κ2) is 6.52. The van der Waals surface area contributed by atoms with E-state index in [9.17, 15) is 4.79 Å². The Morgan fingerprint density at radius 1 is 1.39 bits per heavy atom. The molecule has 1 aromatic carbocycles. The van der Waals surface area contributed by atoms with Crippen molar-refractivity contribution in [3.8, 4) is 5.69 Å². The van der Waals surface area contributed by atoms with E-state index in [2.05, 4.69) is 10.4 Å². The Morgan fingerprint density at radius 3 is 2.87 bits per heavy atom. The van der Waals surface area contributed by atoms with E-state index < -0.39 is 5.54 Å². The highest BCUT2D eigenvalue weighted by molar-refractivity contribution is 5.86. The molecular formula is C17H22N4O2. The lowest BCUT2D eigenvalue weighted by molar-refractivity contribution is -0.130. The average molecular weight is 314 g/mol. The lowest BCUT2D eigenvalue weighted by Gasteiger charge is -2.33. The maximum Gasteiger partial charge on any atom is 0.240 e. The summed E-state index contributed by atoms with van der Waals surface area (Å²) in [6.07, 6.45) is 4.73. The van der Waals surface area contributed by atoms with Gasteiger partial charge in [-0.3, -0.25) is 4.79 Å². The van der Waals surface area contributed by atoms with Crippen molar-refractivity contribution in [2.45, 2.75) is 31.3 Å². The van der Waals surface area contributed by atoms with Crippen molar-refractivity contribution in [2.24, 2.45) is 5.73 Å². The van der Waals surface area contributed by atoms with E-state index in [1.54, 1.807) is 10.9 Å². The number of nitrogens with two attached hydrogens (primary N) is 1. The minimum Gasteiger partial charge on any atom is -0.381 e. The lowest BCUT2D eigenvalue weighted by atomic mass is 9.90. The summed E-state index contributed by atoms with van der Waals surface area (Å²) in [6, 6.07) is 9.70. The standard InChI is InChI=1S/C17H22N4O2/c1-13(20-16(22)17(18)6-10-23-11-7-17)14-4-2-5-15(12-14)21-9-3-8-19-21/h2-5,8-9,12-13H,6-7,10-11,18H2,1H3,(H,20,22). The molecule has 1 aromatic heterocycles. The predicted octanol–water partition coefficient (Wildman–Crippen LogP) is 1.56.